The number of nitriles is 1. The molecular formula is C15H18F2N2O. The Morgan fingerprint density at radius 3 is 2.60 bits per heavy atom. The van der Waals surface area contributed by atoms with E-state index >= 15 is 0 Å². The van der Waals surface area contributed by atoms with Crippen molar-refractivity contribution in [2.75, 3.05) is 13.1 Å². The molecule has 3 nitrogen and oxygen atoms in total. The summed E-state index contributed by atoms with van der Waals surface area (Å²) in [7, 11) is 0. The van der Waals surface area contributed by atoms with Crippen LogP contribution in [0.4, 0.5) is 8.78 Å². The molecule has 0 N–H and O–H groups in total. The predicted octanol–water partition coefficient (Wildman–Crippen LogP) is 3.29. The number of nitrogens with zero attached hydrogens (tertiary/aromatic N) is 2. The first-order chi connectivity index (χ1) is 9.38. The Hall–Kier alpha value is -1.96. The Kier molecular flexibility index (Phi) is 5.63. The van der Waals surface area contributed by atoms with Gasteiger partial charge in [-0.05, 0) is 24.5 Å². The minimum Gasteiger partial charge on any atom is -0.337 e. The smallest absolute Gasteiger partial charge is 0.259 e. The lowest BCUT2D eigenvalue weighted by Gasteiger charge is -2.24. The van der Waals surface area contributed by atoms with Crippen LogP contribution in [-0.2, 0) is 0 Å². The summed E-state index contributed by atoms with van der Waals surface area (Å²) in [4.78, 5) is 13.6. The van der Waals surface area contributed by atoms with E-state index in [1.54, 1.807) is 0 Å². The van der Waals surface area contributed by atoms with Crippen LogP contribution in [-0.4, -0.2) is 23.9 Å². The van der Waals surface area contributed by atoms with Crippen molar-refractivity contribution in [2.24, 2.45) is 5.92 Å². The Balaban J connectivity index is 3.12. The molecule has 0 unspecified atom stereocenters. The molecule has 0 aliphatic rings. The lowest BCUT2D eigenvalue weighted by molar-refractivity contribution is 0.0730. The molecule has 0 aromatic heterocycles. The third-order valence-corrected chi connectivity index (χ3v) is 2.86. The quantitative estimate of drug-likeness (QED) is 0.830. The number of rotatable bonds is 5. The molecular weight excluding hydrogens is 262 g/mol. The summed E-state index contributed by atoms with van der Waals surface area (Å²) in [5.41, 5.74) is -0.317. The summed E-state index contributed by atoms with van der Waals surface area (Å²) in [6.45, 7) is 5.80. The Bertz CT molecular complexity index is 535. The van der Waals surface area contributed by atoms with Crippen LogP contribution in [0.1, 0.15) is 36.2 Å². The number of hydrogen-bond acceptors (Lipinski definition) is 2. The molecule has 0 aliphatic carbocycles. The van der Waals surface area contributed by atoms with Gasteiger partial charge in [0, 0.05) is 13.1 Å². The van der Waals surface area contributed by atoms with E-state index in [2.05, 4.69) is 0 Å². The molecule has 0 aliphatic heterocycles. The van der Waals surface area contributed by atoms with Crippen molar-refractivity contribution < 1.29 is 13.6 Å². The highest BCUT2D eigenvalue weighted by molar-refractivity contribution is 5.95. The van der Waals surface area contributed by atoms with E-state index in [9.17, 15) is 13.6 Å². The van der Waals surface area contributed by atoms with Crippen molar-refractivity contribution in [3.63, 3.8) is 0 Å². The predicted molar refractivity (Wildman–Crippen MR) is 72.1 cm³/mol. The summed E-state index contributed by atoms with van der Waals surface area (Å²) >= 11 is 0. The maximum absolute atomic E-state index is 14.0. The normalized spacial score (nSPS) is 10.4. The van der Waals surface area contributed by atoms with Gasteiger partial charge in [0.25, 0.3) is 5.91 Å². The molecule has 1 rings (SSSR count). The van der Waals surface area contributed by atoms with Crippen molar-refractivity contribution in [1.82, 2.24) is 4.90 Å². The zero-order valence-corrected chi connectivity index (χ0v) is 11.9. The zero-order valence-electron chi connectivity index (χ0n) is 11.9. The summed E-state index contributed by atoms with van der Waals surface area (Å²) < 4.78 is 27.7. The molecule has 1 aromatic carbocycles. The lowest BCUT2D eigenvalue weighted by atomic mass is 10.1. The number of aryl methyl sites for hydroxylation is 1. The van der Waals surface area contributed by atoms with Crippen LogP contribution >= 0.6 is 0 Å². The van der Waals surface area contributed by atoms with Gasteiger partial charge < -0.3 is 4.90 Å². The Morgan fingerprint density at radius 1 is 1.40 bits per heavy atom. The first-order valence-electron chi connectivity index (χ1n) is 6.49. The average molecular weight is 280 g/mol. The second-order valence-corrected chi connectivity index (χ2v) is 5.11. The van der Waals surface area contributed by atoms with Crippen molar-refractivity contribution in [3.05, 3.63) is 34.9 Å². The van der Waals surface area contributed by atoms with Crippen molar-refractivity contribution in [3.8, 4) is 6.07 Å². The van der Waals surface area contributed by atoms with Crippen LogP contribution < -0.4 is 0 Å². The average Bonchev–Trinajstić information content (AvgIpc) is 2.38. The van der Waals surface area contributed by atoms with Gasteiger partial charge in [-0.2, -0.15) is 5.26 Å². The van der Waals surface area contributed by atoms with Crippen LogP contribution in [0.5, 0.6) is 0 Å². The molecule has 0 heterocycles. The molecule has 0 saturated heterocycles. The zero-order chi connectivity index (χ0) is 15.3. The van der Waals surface area contributed by atoms with E-state index in [1.807, 2.05) is 19.9 Å². The number of carbonyl (C=O) groups excluding carboxylic acids is 1. The van der Waals surface area contributed by atoms with Gasteiger partial charge in [-0.1, -0.05) is 19.9 Å². The van der Waals surface area contributed by atoms with Gasteiger partial charge >= 0.3 is 0 Å². The van der Waals surface area contributed by atoms with Crippen molar-refractivity contribution in [2.45, 2.75) is 27.2 Å². The van der Waals surface area contributed by atoms with Crippen molar-refractivity contribution in [1.29, 1.82) is 5.26 Å². The van der Waals surface area contributed by atoms with Gasteiger partial charge in [0.2, 0.25) is 0 Å². The van der Waals surface area contributed by atoms with E-state index < -0.39 is 23.1 Å². The minimum absolute atomic E-state index is 0.132. The molecule has 1 amide bonds. The third kappa shape index (κ3) is 3.77. The second-order valence-electron chi connectivity index (χ2n) is 5.11. The summed E-state index contributed by atoms with van der Waals surface area (Å²) in [5.74, 6) is -2.26. The van der Waals surface area contributed by atoms with Crippen LogP contribution in [0.2, 0.25) is 0 Å². The third-order valence-electron chi connectivity index (χ3n) is 2.86. The topological polar surface area (TPSA) is 44.1 Å². The highest BCUT2D eigenvalue weighted by Gasteiger charge is 2.24. The minimum atomic E-state index is -0.871. The summed E-state index contributed by atoms with van der Waals surface area (Å²) in [6, 6.07) is 4.32. The molecule has 0 atom stereocenters. The van der Waals surface area contributed by atoms with Gasteiger partial charge in [-0.25, -0.2) is 8.78 Å². The lowest BCUT2D eigenvalue weighted by Crippen LogP contribution is -2.36. The molecule has 1 aromatic rings. The fourth-order valence-electron chi connectivity index (χ4n) is 1.91. The first-order valence-corrected chi connectivity index (χ1v) is 6.49. The first kappa shape index (κ1) is 16.1. The second kappa shape index (κ2) is 6.99. The van der Waals surface area contributed by atoms with Gasteiger partial charge in [0.1, 0.15) is 17.2 Å². The SMILES string of the molecule is Cc1ccc(F)c(C(=O)N(CCC#N)CC(C)C)c1F. The number of amides is 1. The monoisotopic (exact) mass is 280 g/mol. The summed E-state index contributed by atoms with van der Waals surface area (Å²) in [5, 5.41) is 8.62. The molecule has 5 heteroatoms. The fraction of sp³-hybridized carbons (Fsp3) is 0.467. The highest BCUT2D eigenvalue weighted by atomic mass is 19.1. The van der Waals surface area contributed by atoms with E-state index in [-0.39, 0.29) is 24.4 Å². The van der Waals surface area contributed by atoms with Gasteiger partial charge in [0.15, 0.2) is 0 Å². The molecule has 108 valence electrons. The van der Waals surface area contributed by atoms with Crippen LogP contribution in [0, 0.1) is 35.8 Å². The molecule has 0 saturated carbocycles. The fourth-order valence-corrected chi connectivity index (χ4v) is 1.91. The van der Waals surface area contributed by atoms with E-state index in [0.717, 1.165) is 6.07 Å². The summed E-state index contributed by atoms with van der Waals surface area (Å²) in [6.07, 6.45) is 0.132. The maximum Gasteiger partial charge on any atom is 0.259 e. The highest BCUT2D eigenvalue weighted by Crippen LogP contribution is 2.19. The number of benzene rings is 1. The van der Waals surface area contributed by atoms with Gasteiger partial charge in [-0.15, -0.1) is 0 Å². The molecule has 20 heavy (non-hydrogen) atoms. The number of hydrogen-bond donors (Lipinski definition) is 0. The largest absolute Gasteiger partial charge is 0.337 e. The molecule has 0 fully saturated rings. The van der Waals surface area contributed by atoms with E-state index in [4.69, 9.17) is 5.26 Å². The maximum atomic E-state index is 14.0. The van der Waals surface area contributed by atoms with E-state index in [1.165, 1.54) is 17.9 Å². The number of halogens is 2. The van der Waals surface area contributed by atoms with Crippen LogP contribution in [0.3, 0.4) is 0 Å². The standard InChI is InChI=1S/C15H18F2N2O/c1-10(2)9-19(8-4-7-18)15(20)13-12(16)6-5-11(3)14(13)17/h5-6,10H,4,8-9H2,1-3H3. The molecule has 0 radical (unpaired) electrons. The molecule has 0 spiro atoms. The van der Waals surface area contributed by atoms with Crippen molar-refractivity contribution >= 4 is 5.91 Å². The van der Waals surface area contributed by atoms with Gasteiger partial charge in [0.05, 0.1) is 12.5 Å². The van der Waals surface area contributed by atoms with E-state index in [0.29, 0.717) is 6.54 Å². The molecule has 0 bridgehead atoms. The Labute approximate surface area is 117 Å². The van der Waals surface area contributed by atoms with Gasteiger partial charge in [-0.3, -0.25) is 4.79 Å². The Morgan fingerprint density at radius 2 is 2.05 bits per heavy atom. The van der Waals surface area contributed by atoms with Crippen LogP contribution in [0.15, 0.2) is 12.1 Å². The number of carbonyl (C=O) groups is 1. The van der Waals surface area contributed by atoms with Crippen LogP contribution in [0.25, 0.3) is 0 Å².